The van der Waals surface area contributed by atoms with E-state index in [-0.39, 0.29) is 5.54 Å². The summed E-state index contributed by atoms with van der Waals surface area (Å²) in [7, 11) is 0. The van der Waals surface area contributed by atoms with Crippen molar-refractivity contribution in [3.8, 4) is 0 Å². The smallest absolute Gasteiger partial charge is 0.191 e. The molecule has 4 nitrogen and oxygen atoms in total. The first-order valence-corrected chi connectivity index (χ1v) is 8.41. The van der Waals surface area contributed by atoms with Gasteiger partial charge in [-0.1, -0.05) is 27.7 Å². The van der Waals surface area contributed by atoms with E-state index < -0.39 is 0 Å². The molecule has 0 bridgehead atoms. The average Bonchev–Trinajstić information content (AvgIpc) is 2.90. The molecule has 2 N–H and O–H groups in total. The van der Waals surface area contributed by atoms with Crippen LogP contribution in [0, 0.1) is 10.8 Å². The fourth-order valence-corrected chi connectivity index (χ4v) is 5.49. The molecule has 0 aromatic heterocycles. The standard InChI is InChI=1S/C17H31N3O/c1-15(2)9-16(3,4)11-17(10-15)12-19-14(18)20(17)8-13-6-5-7-21-13/h13H,5-12H2,1-4H3,(H2,18,19). The Balaban J connectivity index is 1.84. The van der Waals surface area contributed by atoms with Crippen LogP contribution in [-0.4, -0.2) is 42.2 Å². The van der Waals surface area contributed by atoms with Gasteiger partial charge in [0.1, 0.15) is 0 Å². The molecule has 0 aromatic carbocycles. The third kappa shape index (κ3) is 2.92. The first-order valence-electron chi connectivity index (χ1n) is 8.41. The van der Waals surface area contributed by atoms with Crippen molar-refractivity contribution in [1.82, 2.24) is 4.90 Å². The zero-order valence-corrected chi connectivity index (χ0v) is 14.1. The monoisotopic (exact) mass is 293 g/mol. The number of rotatable bonds is 2. The van der Waals surface area contributed by atoms with Gasteiger partial charge in [0.2, 0.25) is 0 Å². The van der Waals surface area contributed by atoms with Crippen LogP contribution in [0.15, 0.2) is 4.99 Å². The van der Waals surface area contributed by atoms with Crippen LogP contribution in [0.5, 0.6) is 0 Å². The maximum atomic E-state index is 6.26. The minimum atomic E-state index is 0.112. The topological polar surface area (TPSA) is 50.8 Å². The Morgan fingerprint density at radius 1 is 1.19 bits per heavy atom. The van der Waals surface area contributed by atoms with Crippen molar-refractivity contribution in [1.29, 1.82) is 0 Å². The zero-order chi connectivity index (χ0) is 15.3. The Labute approximate surface area is 129 Å². The van der Waals surface area contributed by atoms with E-state index in [1.165, 1.54) is 25.7 Å². The summed E-state index contributed by atoms with van der Waals surface area (Å²) in [6.07, 6.45) is 6.31. The Kier molecular flexibility index (Phi) is 3.51. The molecule has 2 heterocycles. The molecule has 1 spiro atoms. The summed E-state index contributed by atoms with van der Waals surface area (Å²) < 4.78 is 5.85. The van der Waals surface area contributed by atoms with Crippen molar-refractivity contribution >= 4 is 5.96 Å². The number of aliphatic imine (C=N–C) groups is 1. The lowest BCUT2D eigenvalue weighted by molar-refractivity contribution is -0.0215. The molecular formula is C17H31N3O. The number of hydrogen-bond donors (Lipinski definition) is 1. The maximum Gasteiger partial charge on any atom is 0.191 e. The van der Waals surface area contributed by atoms with Crippen molar-refractivity contribution in [2.45, 2.75) is 71.4 Å². The quantitative estimate of drug-likeness (QED) is 0.851. The minimum absolute atomic E-state index is 0.112. The van der Waals surface area contributed by atoms with Crippen LogP contribution in [0.25, 0.3) is 0 Å². The summed E-state index contributed by atoms with van der Waals surface area (Å²) >= 11 is 0. The van der Waals surface area contributed by atoms with Crippen LogP contribution >= 0.6 is 0 Å². The molecular weight excluding hydrogens is 262 g/mol. The molecule has 0 aromatic rings. The fraction of sp³-hybridized carbons (Fsp3) is 0.941. The minimum Gasteiger partial charge on any atom is -0.376 e. The molecule has 2 aliphatic heterocycles. The Morgan fingerprint density at radius 3 is 2.43 bits per heavy atom. The van der Waals surface area contributed by atoms with E-state index in [2.05, 4.69) is 37.6 Å². The van der Waals surface area contributed by atoms with Crippen molar-refractivity contribution in [2.24, 2.45) is 21.6 Å². The summed E-state index contributed by atoms with van der Waals surface area (Å²) in [6, 6.07) is 0. The molecule has 120 valence electrons. The number of ether oxygens (including phenoxy) is 1. The number of hydrogen-bond acceptors (Lipinski definition) is 4. The van der Waals surface area contributed by atoms with Crippen LogP contribution in [0.1, 0.15) is 59.8 Å². The fourth-order valence-electron chi connectivity index (χ4n) is 5.49. The highest BCUT2D eigenvalue weighted by Gasteiger charge is 2.53. The largest absolute Gasteiger partial charge is 0.376 e. The summed E-state index contributed by atoms with van der Waals surface area (Å²) in [5.74, 6) is 0.735. The lowest BCUT2D eigenvalue weighted by Crippen LogP contribution is -2.60. The molecule has 1 atom stereocenters. The highest BCUT2D eigenvalue weighted by molar-refractivity contribution is 5.81. The maximum absolute atomic E-state index is 6.26. The summed E-state index contributed by atoms with van der Waals surface area (Å²) in [6.45, 7) is 12.3. The molecule has 4 heteroatoms. The first-order chi connectivity index (χ1) is 9.72. The van der Waals surface area contributed by atoms with E-state index >= 15 is 0 Å². The van der Waals surface area contributed by atoms with E-state index in [0.29, 0.717) is 16.9 Å². The van der Waals surface area contributed by atoms with Gasteiger partial charge in [-0.15, -0.1) is 0 Å². The molecule has 21 heavy (non-hydrogen) atoms. The highest BCUT2D eigenvalue weighted by Crippen LogP contribution is 2.53. The lowest BCUT2D eigenvalue weighted by atomic mass is 9.58. The van der Waals surface area contributed by atoms with Gasteiger partial charge in [0.25, 0.3) is 0 Å². The van der Waals surface area contributed by atoms with E-state index in [1.54, 1.807) is 0 Å². The van der Waals surface area contributed by atoms with E-state index in [1.807, 2.05) is 0 Å². The molecule has 0 amide bonds. The van der Waals surface area contributed by atoms with E-state index in [9.17, 15) is 0 Å². The van der Waals surface area contributed by atoms with Crippen LogP contribution in [-0.2, 0) is 4.74 Å². The third-order valence-electron chi connectivity index (χ3n) is 5.37. The van der Waals surface area contributed by atoms with E-state index in [0.717, 1.165) is 32.1 Å². The van der Waals surface area contributed by atoms with E-state index in [4.69, 9.17) is 10.5 Å². The molecule has 2 fully saturated rings. The van der Waals surface area contributed by atoms with Gasteiger partial charge in [-0.05, 0) is 42.9 Å². The third-order valence-corrected chi connectivity index (χ3v) is 5.37. The second kappa shape index (κ2) is 4.87. The number of guanidine groups is 1. The van der Waals surface area contributed by atoms with Gasteiger partial charge in [-0.25, -0.2) is 0 Å². The van der Waals surface area contributed by atoms with Gasteiger partial charge in [-0.3, -0.25) is 4.99 Å². The molecule has 3 rings (SSSR count). The van der Waals surface area contributed by atoms with Gasteiger partial charge < -0.3 is 15.4 Å². The highest BCUT2D eigenvalue weighted by atomic mass is 16.5. The lowest BCUT2D eigenvalue weighted by Gasteiger charge is -2.54. The summed E-state index contributed by atoms with van der Waals surface area (Å²) in [4.78, 5) is 7.03. The first kappa shape index (κ1) is 15.1. The van der Waals surface area contributed by atoms with Gasteiger partial charge in [0.05, 0.1) is 18.2 Å². The van der Waals surface area contributed by atoms with Crippen LogP contribution in [0.3, 0.4) is 0 Å². The van der Waals surface area contributed by atoms with Crippen LogP contribution in [0.2, 0.25) is 0 Å². The Bertz CT molecular complexity index is 419. The second-order valence-corrected chi connectivity index (χ2v) is 9.00. The summed E-state index contributed by atoms with van der Waals surface area (Å²) in [5.41, 5.74) is 7.06. The molecule has 1 aliphatic carbocycles. The predicted octanol–water partition coefficient (Wildman–Crippen LogP) is 2.77. The van der Waals surface area contributed by atoms with Gasteiger partial charge in [0.15, 0.2) is 5.96 Å². The molecule has 1 saturated carbocycles. The van der Waals surface area contributed by atoms with Crippen LogP contribution < -0.4 is 5.73 Å². The van der Waals surface area contributed by atoms with Gasteiger partial charge >= 0.3 is 0 Å². The predicted molar refractivity (Wildman–Crippen MR) is 86.3 cm³/mol. The zero-order valence-electron chi connectivity index (χ0n) is 14.1. The normalized spacial score (nSPS) is 33.4. The van der Waals surface area contributed by atoms with Crippen molar-refractivity contribution in [3.63, 3.8) is 0 Å². The van der Waals surface area contributed by atoms with Gasteiger partial charge in [0, 0.05) is 13.2 Å². The summed E-state index contributed by atoms with van der Waals surface area (Å²) in [5, 5.41) is 0. The molecule has 1 saturated heterocycles. The molecule has 3 aliphatic rings. The van der Waals surface area contributed by atoms with Gasteiger partial charge in [-0.2, -0.15) is 0 Å². The second-order valence-electron chi connectivity index (χ2n) is 9.00. The van der Waals surface area contributed by atoms with Crippen molar-refractivity contribution < 1.29 is 4.74 Å². The molecule has 0 radical (unpaired) electrons. The Hall–Kier alpha value is -0.770. The van der Waals surface area contributed by atoms with Crippen molar-refractivity contribution in [2.75, 3.05) is 19.7 Å². The molecule has 1 unspecified atom stereocenters. The number of nitrogens with two attached hydrogens (primary N) is 1. The average molecular weight is 293 g/mol. The Morgan fingerprint density at radius 2 is 1.86 bits per heavy atom. The van der Waals surface area contributed by atoms with Crippen LogP contribution in [0.4, 0.5) is 0 Å². The van der Waals surface area contributed by atoms with Crippen molar-refractivity contribution in [3.05, 3.63) is 0 Å². The SMILES string of the molecule is CC1(C)CC(C)(C)CC2(CN=C(N)N2CC2CCCO2)C1. The number of nitrogens with zero attached hydrogens (tertiary/aromatic N) is 2.